The zero-order valence-corrected chi connectivity index (χ0v) is 23.0. The molecule has 4 rings (SSSR count). The lowest BCUT2D eigenvalue weighted by molar-refractivity contribution is 0.102. The van der Waals surface area contributed by atoms with E-state index in [1.54, 1.807) is 51.4 Å². The Hall–Kier alpha value is -3.02. The van der Waals surface area contributed by atoms with Crippen LogP contribution in [0.3, 0.4) is 0 Å². The third-order valence-corrected chi connectivity index (χ3v) is 9.16. The van der Waals surface area contributed by atoms with Gasteiger partial charge in [0.05, 0.1) is 23.4 Å². The van der Waals surface area contributed by atoms with Gasteiger partial charge in [-0.05, 0) is 71.3 Å². The Labute approximate surface area is 225 Å². The Morgan fingerprint density at radius 1 is 1.19 bits per heavy atom. The van der Waals surface area contributed by atoms with Crippen molar-refractivity contribution in [3.63, 3.8) is 0 Å². The summed E-state index contributed by atoms with van der Waals surface area (Å²) >= 11 is 7.32. The zero-order valence-electron chi connectivity index (χ0n) is 20.6. The maximum atomic E-state index is 13.2. The first-order chi connectivity index (χ1) is 17.5. The lowest BCUT2D eigenvalue weighted by Crippen LogP contribution is -2.44. The Kier molecular flexibility index (Phi) is 7.86. The summed E-state index contributed by atoms with van der Waals surface area (Å²) in [5, 5.41) is 5.92. The summed E-state index contributed by atoms with van der Waals surface area (Å²) in [5.41, 5.74) is 7.76. The van der Waals surface area contributed by atoms with E-state index in [0.717, 1.165) is 15.6 Å². The molecule has 4 aromatic rings. The number of sulfonamides is 1. The molecule has 8 nitrogen and oxygen atoms in total. The number of amides is 1. The van der Waals surface area contributed by atoms with Gasteiger partial charge in [0.2, 0.25) is 10.0 Å². The number of nitrogens with zero attached hydrogens (tertiary/aromatic N) is 2. The van der Waals surface area contributed by atoms with Gasteiger partial charge in [-0.15, -0.1) is 11.3 Å². The van der Waals surface area contributed by atoms with Gasteiger partial charge in [-0.2, -0.15) is 0 Å². The van der Waals surface area contributed by atoms with Crippen LogP contribution in [0.5, 0.6) is 5.75 Å². The molecule has 0 aliphatic heterocycles. The number of thiophene rings is 1. The molecule has 3 N–H and O–H groups in total. The van der Waals surface area contributed by atoms with Crippen LogP contribution in [0, 0.1) is 0 Å². The average Bonchev–Trinajstić information content (AvgIpc) is 3.28. The number of methoxy groups -OCH3 is 1. The van der Waals surface area contributed by atoms with Gasteiger partial charge in [0.15, 0.2) is 0 Å². The lowest BCUT2D eigenvalue weighted by atomic mass is 9.95. The first-order valence-corrected chi connectivity index (χ1v) is 14.2. The molecule has 2 heterocycles. The van der Waals surface area contributed by atoms with Crippen molar-refractivity contribution < 1.29 is 17.9 Å². The number of pyridine rings is 1. The van der Waals surface area contributed by atoms with E-state index < -0.39 is 15.6 Å². The Morgan fingerprint density at radius 3 is 2.57 bits per heavy atom. The van der Waals surface area contributed by atoms with Crippen LogP contribution in [0.1, 0.15) is 28.5 Å². The zero-order chi connectivity index (χ0) is 26.8. The van der Waals surface area contributed by atoms with E-state index in [9.17, 15) is 13.2 Å². The van der Waals surface area contributed by atoms with Crippen LogP contribution in [0.4, 0.5) is 5.69 Å². The van der Waals surface area contributed by atoms with Gasteiger partial charge in [0.25, 0.3) is 5.91 Å². The number of anilines is 1. The standard InChI is InChI=1S/C26H27ClN4O4S2/c1-26(28,16-37(33,34)31(2)14-17-4-8-20(35-3)9-5-17)22-15-36-24-11-7-19(12-21(22)24)30-25(32)23-10-6-18(27)13-29-23/h4-13,15H,14,16,28H2,1-3H3,(H,30,32)/t26-/m0/s1. The normalized spacial score (nSPS) is 13.5. The predicted octanol–water partition coefficient (Wildman–Crippen LogP) is 4.85. The van der Waals surface area contributed by atoms with Crippen LogP contribution in [0.25, 0.3) is 10.1 Å². The molecule has 1 atom stereocenters. The molecule has 0 aliphatic rings. The monoisotopic (exact) mass is 558 g/mol. The molecule has 37 heavy (non-hydrogen) atoms. The number of nitrogens with one attached hydrogen (secondary N) is 1. The summed E-state index contributed by atoms with van der Waals surface area (Å²) in [4.78, 5) is 16.6. The van der Waals surface area contributed by atoms with Crippen LogP contribution in [0.15, 0.2) is 66.2 Å². The van der Waals surface area contributed by atoms with Gasteiger partial charge in [0.1, 0.15) is 11.4 Å². The number of ether oxygens (including phenoxy) is 1. The molecule has 194 valence electrons. The smallest absolute Gasteiger partial charge is 0.274 e. The molecule has 0 aliphatic carbocycles. The topological polar surface area (TPSA) is 115 Å². The van der Waals surface area contributed by atoms with Crippen molar-refractivity contribution in [2.75, 3.05) is 25.2 Å². The van der Waals surface area contributed by atoms with Gasteiger partial charge in [0, 0.05) is 30.2 Å². The van der Waals surface area contributed by atoms with Crippen molar-refractivity contribution in [2.45, 2.75) is 19.0 Å². The van der Waals surface area contributed by atoms with E-state index in [0.29, 0.717) is 22.0 Å². The van der Waals surface area contributed by atoms with Crippen LogP contribution >= 0.6 is 22.9 Å². The highest BCUT2D eigenvalue weighted by molar-refractivity contribution is 7.89. The number of hydrogen-bond acceptors (Lipinski definition) is 7. The second-order valence-electron chi connectivity index (χ2n) is 8.95. The first kappa shape index (κ1) is 27.0. The molecular formula is C26H27ClN4O4S2. The summed E-state index contributed by atoms with van der Waals surface area (Å²) in [6.07, 6.45) is 1.41. The highest BCUT2D eigenvalue weighted by atomic mass is 35.5. The highest BCUT2D eigenvalue weighted by Gasteiger charge is 2.33. The van der Waals surface area contributed by atoms with Gasteiger partial charge >= 0.3 is 0 Å². The van der Waals surface area contributed by atoms with Gasteiger partial charge < -0.3 is 15.8 Å². The van der Waals surface area contributed by atoms with Crippen LogP contribution in [0.2, 0.25) is 5.02 Å². The Bertz CT molecular complexity index is 1520. The molecule has 0 fully saturated rings. The fourth-order valence-corrected chi connectivity index (χ4v) is 6.58. The van der Waals surface area contributed by atoms with E-state index in [1.165, 1.54) is 27.9 Å². The summed E-state index contributed by atoms with van der Waals surface area (Å²) in [6.45, 7) is 1.91. The molecule has 0 spiro atoms. The summed E-state index contributed by atoms with van der Waals surface area (Å²) in [5.74, 6) is 0.0307. The largest absolute Gasteiger partial charge is 0.497 e. The maximum Gasteiger partial charge on any atom is 0.274 e. The number of carbonyl (C=O) groups excluding carboxylic acids is 1. The minimum Gasteiger partial charge on any atom is -0.497 e. The molecule has 0 radical (unpaired) electrons. The minimum atomic E-state index is -3.70. The second-order valence-corrected chi connectivity index (χ2v) is 12.4. The quantitative estimate of drug-likeness (QED) is 0.303. The SMILES string of the molecule is COc1ccc(CN(C)S(=O)(=O)C[C@](C)(N)c2csc3ccc(NC(=O)c4ccc(Cl)cn4)cc23)cc1. The van der Waals surface area contributed by atoms with E-state index in [-0.39, 0.29) is 23.9 Å². The van der Waals surface area contributed by atoms with Crippen molar-refractivity contribution in [3.8, 4) is 5.75 Å². The molecule has 0 bridgehead atoms. The van der Waals surface area contributed by atoms with E-state index >= 15 is 0 Å². The summed E-state index contributed by atoms with van der Waals surface area (Å²) in [7, 11) is -0.582. The Balaban J connectivity index is 1.53. The number of fused-ring (bicyclic) bond motifs is 1. The lowest BCUT2D eigenvalue weighted by Gasteiger charge is -2.27. The molecule has 2 aromatic heterocycles. The van der Waals surface area contributed by atoms with Crippen molar-refractivity contribution >= 4 is 54.6 Å². The maximum absolute atomic E-state index is 13.2. The van der Waals surface area contributed by atoms with Crippen molar-refractivity contribution in [1.29, 1.82) is 0 Å². The number of aromatic nitrogens is 1. The number of halogens is 1. The number of rotatable bonds is 9. The first-order valence-electron chi connectivity index (χ1n) is 11.3. The van der Waals surface area contributed by atoms with Gasteiger partial charge in [-0.3, -0.25) is 4.79 Å². The van der Waals surface area contributed by atoms with Crippen molar-refractivity contribution in [1.82, 2.24) is 9.29 Å². The van der Waals surface area contributed by atoms with Crippen LogP contribution < -0.4 is 15.8 Å². The Morgan fingerprint density at radius 2 is 1.92 bits per heavy atom. The van der Waals surface area contributed by atoms with Crippen LogP contribution in [-0.2, 0) is 22.1 Å². The second kappa shape index (κ2) is 10.8. The number of hydrogen-bond donors (Lipinski definition) is 2. The van der Waals surface area contributed by atoms with Gasteiger partial charge in [-0.25, -0.2) is 17.7 Å². The third kappa shape index (κ3) is 6.28. The fourth-order valence-electron chi connectivity index (χ4n) is 3.91. The molecule has 1 amide bonds. The molecule has 2 aromatic carbocycles. The predicted molar refractivity (Wildman–Crippen MR) is 149 cm³/mol. The molecule has 0 saturated carbocycles. The third-order valence-electron chi connectivity index (χ3n) is 5.93. The highest BCUT2D eigenvalue weighted by Crippen LogP contribution is 2.35. The number of carbonyl (C=O) groups is 1. The van der Waals surface area contributed by atoms with Gasteiger partial charge in [-0.1, -0.05) is 23.7 Å². The molecular weight excluding hydrogens is 532 g/mol. The van der Waals surface area contributed by atoms with E-state index in [1.807, 2.05) is 23.6 Å². The molecule has 11 heteroatoms. The molecule has 0 saturated heterocycles. The number of benzene rings is 2. The van der Waals surface area contributed by atoms with E-state index in [2.05, 4.69) is 10.3 Å². The summed E-state index contributed by atoms with van der Waals surface area (Å²) < 4.78 is 33.9. The van der Waals surface area contributed by atoms with E-state index in [4.69, 9.17) is 22.1 Å². The van der Waals surface area contributed by atoms with Crippen molar-refractivity contribution in [2.24, 2.45) is 5.73 Å². The van der Waals surface area contributed by atoms with Crippen LogP contribution in [-0.4, -0.2) is 43.5 Å². The minimum absolute atomic E-state index is 0.210. The summed E-state index contributed by atoms with van der Waals surface area (Å²) in [6, 6.07) is 15.8. The average molecular weight is 559 g/mol. The fraction of sp³-hybridized carbons (Fsp3) is 0.231. The number of nitrogens with two attached hydrogens (primary N) is 1. The van der Waals surface area contributed by atoms with Crippen molar-refractivity contribution in [3.05, 3.63) is 88.0 Å². The molecule has 0 unspecified atom stereocenters.